The molecule has 0 aromatic heterocycles. The first kappa shape index (κ1) is 32.6. The van der Waals surface area contributed by atoms with Crippen LogP contribution in [0.4, 0.5) is 10.5 Å². The third-order valence-electron chi connectivity index (χ3n) is 6.32. The Labute approximate surface area is 241 Å². The number of aryl methyl sites for hydroxylation is 3. The Bertz CT molecular complexity index is 1230. The van der Waals surface area contributed by atoms with Crippen LogP contribution < -0.4 is 16.4 Å². The van der Waals surface area contributed by atoms with Crippen LogP contribution in [0.25, 0.3) is 0 Å². The number of hydrogen-bond acceptors (Lipinski definition) is 5. The number of carbonyl (C=O) groups is 4. The molecule has 0 aliphatic heterocycles. The van der Waals surface area contributed by atoms with Crippen LogP contribution in [0.3, 0.4) is 0 Å². The van der Waals surface area contributed by atoms with Crippen LogP contribution in [0.5, 0.6) is 0 Å². The molecule has 40 heavy (non-hydrogen) atoms. The van der Waals surface area contributed by atoms with E-state index in [0.717, 1.165) is 16.7 Å². The van der Waals surface area contributed by atoms with Gasteiger partial charge in [0.15, 0.2) is 0 Å². The number of ether oxygens (including phenoxy) is 1. The van der Waals surface area contributed by atoms with Gasteiger partial charge in [0.1, 0.15) is 17.7 Å². The Morgan fingerprint density at radius 1 is 1.00 bits per heavy atom. The zero-order valence-corrected chi connectivity index (χ0v) is 25.3. The number of benzene rings is 2. The van der Waals surface area contributed by atoms with Crippen molar-refractivity contribution in [2.24, 2.45) is 5.73 Å². The summed E-state index contributed by atoms with van der Waals surface area (Å²) < 4.78 is 5.36. The predicted octanol–water partition coefficient (Wildman–Crippen LogP) is 5.34. The lowest BCUT2D eigenvalue weighted by molar-refractivity contribution is -0.143. The van der Waals surface area contributed by atoms with Gasteiger partial charge in [-0.15, -0.1) is 0 Å². The summed E-state index contributed by atoms with van der Waals surface area (Å²) in [5.74, 6) is -1.67. The fourth-order valence-corrected chi connectivity index (χ4v) is 4.48. The number of nitrogens with one attached hydrogen (secondary N) is 2. The first-order valence-corrected chi connectivity index (χ1v) is 13.6. The number of anilines is 1. The molecule has 0 saturated carbocycles. The van der Waals surface area contributed by atoms with E-state index in [1.54, 1.807) is 52.8 Å². The molecule has 2 unspecified atom stereocenters. The monoisotopic (exact) mass is 572 g/mol. The van der Waals surface area contributed by atoms with E-state index < -0.39 is 47.5 Å². The largest absolute Gasteiger partial charge is 0.444 e. The third-order valence-corrected chi connectivity index (χ3v) is 6.64. The van der Waals surface area contributed by atoms with Gasteiger partial charge in [-0.2, -0.15) is 0 Å². The summed E-state index contributed by atoms with van der Waals surface area (Å²) in [6, 6.07) is 8.09. The molecule has 4 N–H and O–H groups in total. The Kier molecular flexibility index (Phi) is 11.1. The van der Waals surface area contributed by atoms with Gasteiger partial charge >= 0.3 is 6.09 Å². The molecule has 10 heteroatoms. The molecular formula is C30H41ClN4O5. The Morgan fingerprint density at radius 2 is 1.65 bits per heavy atom. The molecule has 0 aliphatic carbocycles. The molecule has 0 heterocycles. The van der Waals surface area contributed by atoms with E-state index in [9.17, 15) is 19.2 Å². The van der Waals surface area contributed by atoms with Crippen molar-refractivity contribution in [3.05, 3.63) is 63.7 Å². The van der Waals surface area contributed by atoms with E-state index in [1.807, 2.05) is 39.0 Å². The standard InChI is InChI=1S/C30H41ClN4O5/c1-17(2)35(28(38)23(14-15-24(32)36)33-29(39)40-30(6,7)8)26(21-13-12-18(3)20(5)16-21)27(37)34-25-19(4)10-9-11-22(25)31/h9-13,16-17,23,26H,14-15H2,1-8H3,(H2,32,36)(H,33,39)(H,34,37). The van der Waals surface area contributed by atoms with Gasteiger partial charge in [-0.05, 0) is 90.1 Å². The molecule has 0 bridgehead atoms. The van der Waals surface area contributed by atoms with Crippen molar-refractivity contribution >= 4 is 41.1 Å². The molecule has 0 saturated heterocycles. The number of nitrogens with zero attached hydrogens (tertiary/aromatic N) is 1. The quantitative estimate of drug-likeness (QED) is 0.353. The van der Waals surface area contributed by atoms with Gasteiger partial charge in [0.05, 0.1) is 10.7 Å². The molecule has 2 aromatic carbocycles. The van der Waals surface area contributed by atoms with Crippen molar-refractivity contribution in [3.8, 4) is 0 Å². The minimum absolute atomic E-state index is 0.0679. The van der Waals surface area contributed by atoms with Crippen molar-refractivity contribution in [1.29, 1.82) is 0 Å². The Balaban J connectivity index is 2.60. The number of primary amides is 1. The van der Waals surface area contributed by atoms with Gasteiger partial charge < -0.3 is 26.0 Å². The summed E-state index contributed by atoms with van der Waals surface area (Å²) >= 11 is 6.41. The van der Waals surface area contributed by atoms with Crippen molar-refractivity contribution in [1.82, 2.24) is 10.2 Å². The maximum Gasteiger partial charge on any atom is 0.408 e. The number of alkyl carbamates (subject to hydrolysis) is 1. The number of para-hydroxylation sites is 1. The maximum absolute atomic E-state index is 14.2. The van der Waals surface area contributed by atoms with E-state index in [1.165, 1.54) is 4.90 Å². The van der Waals surface area contributed by atoms with Crippen molar-refractivity contribution < 1.29 is 23.9 Å². The zero-order chi connectivity index (χ0) is 30.4. The summed E-state index contributed by atoms with van der Waals surface area (Å²) in [5, 5.41) is 5.86. The molecular weight excluding hydrogens is 532 g/mol. The minimum atomic E-state index is -1.17. The molecule has 218 valence electrons. The zero-order valence-electron chi connectivity index (χ0n) is 24.6. The highest BCUT2D eigenvalue weighted by atomic mass is 35.5. The van der Waals surface area contributed by atoms with E-state index in [-0.39, 0.29) is 12.8 Å². The fraction of sp³-hybridized carbons (Fsp3) is 0.467. The van der Waals surface area contributed by atoms with Crippen LogP contribution in [0.15, 0.2) is 36.4 Å². The third kappa shape index (κ3) is 8.98. The minimum Gasteiger partial charge on any atom is -0.444 e. The van der Waals surface area contributed by atoms with Gasteiger partial charge in [0, 0.05) is 12.5 Å². The topological polar surface area (TPSA) is 131 Å². The summed E-state index contributed by atoms with van der Waals surface area (Å²) in [4.78, 5) is 53.9. The summed E-state index contributed by atoms with van der Waals surface area (Å²) in [6.45, 7) is 14.3. The Hall–Kier alpha value is -3.59. The molecule has 0 fully saturated rings. The summed E-state index contributed by atoms with van der Waals surface area (Å²) in [5.41, 5.74) is 8.31. The molecule has 0 spiro atoms. The van der Waals surface area contributed by atoms with Gasteiger partial charge in [0.25, 0.3) is 5.91 Å². The van der Waals surface area contributed by atoms with Crippen LogP contribution in [0.2, 0.25) is 5.02 Å². The number of nitrogens with two attached hydrogens (primary N) is 1. The highest BCUT2D eigenvalue weighted by Gasteiger charge is 2.38. The second-order valence-electron chi connectivity index (χ2n) is 11.2. The molecule has 2 atom stereocenters. The molecule has 4 amide bonds. The number of hydrogen-bond donors (Lipinski definition) is 3. The Morgan fingerprint density at radius 3 is 2.17 bits per heavy atom. The van der Waals surface area contributed by atoms with Gasteiger partial charge in [-0.3, -0.25) is 14.4 Å². The first-order chi connectivity index (χ1) is 18.5. The number of halogens is 1. The first-order valence-electron chi connectivity index (χ1n) is 13.2. The lowest BCUT2D eigenvalue weighted by Crippen LogP contribution is -2.54. The molecule has 2 rings (SSSR count). The van der Waals surface area contributed by atoms with Gasteiger partial charge in [-0.1, -0.05) is 41.9 Å². The summed E-state index contributed by atoms with van der Waals surface area (Å²) in [7, 11) is 0. The van der Waals surface area contributed by atoms with Crippen molar-refractivity contribution in [3.63, 3.8) is 0 Å². The lowest BCUT2D eigenvalue weighted by Gasteiger charge is -2.37. The highest BCUT2D eigenvalue weighted by Crippen LogP contribution is 2.31. The van der Waals surface area contributed by atoms with Gasteiger partial charge in [-0.25, -0.2) is 4.79 Å². The van der Waals surface area contributed by atoms with Crippen LogP contribution in [-0.4, -0.2) is 46.4 Å². The highest BCUT2D eigenvalue weighted by molar-refractivity contribution is 6.34. The molecule has 2 aromatic rings. The number of amides is 4. The van der Waals surface area contributed by atoms with E-state index in [4.69, 9.17) is 22.1 Å². The van der Waals surface area contributed by atoms with Crippen LogP contribution in [-0.2, 0) is 19.1 Å². The maximum atomic E-state index is 14.2. The molecule has 0 radical (unpaired) electrons. The van der Waals surface area contributed by atoms with Crippen LogP contribution in [0.1, 0.15) is 75.8 Å². The van der Waals surface area contributed by atoms with Crippen molar-refractivity contribution in [2.75, 3.05) is 5.32 Å². The average Bonchev–Trinajstić information content (AvgIpc) is 2.82. The summed E-state index contributed by atoms with van der Waals surface area (Å²) in [6.07, 6.45) is -1.04. The molecule has 9 nitrogen and oxygen atoms in total. The van der Waals surface area contributed by atoms with E-state index in [2.05, 4.69) is 10.6 Å². The predicted molar refractivity (Wildman–Crippen MR) is 157 cm³/mol. The number of carbonyl (C=O) groups excluding carboxylic acids is 4. The SMILES string of the molecule is Cc1ccc(C(C(=O)Nc2c(C)cccc2Cl)N(C(=O)C(CCC(N)=O)NC(=O)OC(C)(C)C)C(C)C)cc1C. The van der Waals surface area contributed by atoms with E-state index >= 15 is 0 Å². The second kappa shape index (κ2) is 13.7. The van der Waals surface area contributed by atoms with Crippen molar-refractivity contribution in [2.45, 2.75) is 92.0 Å². The molecule has 0 aliphatic rings. The van der Waals surface area contributed by atoms with E-state index in [0.29, 0.717) is 16.3 Å². The fourth-order valence-electron chi connectivity index (χ4n) is 4.21. The number of rotatable bonds is 10. The second-order valence-corrected chi connectivity index (χ2v) is 11.6. The lowest BCUT2D eigenvalue weighted by atomic mass is 9.96. The van der Waals surface area contributed by atoms with Crippen LogP contribution >= 0.6 is 11.6 Å². The van der Waals surface area contributed by atoms with Crippen LogP contribution in [0, 0.1) is 20.8 Å². The average molecular weight is 573 g/mol. The normalized spacial score (nSPS) is 12.8. The van der Waals surface area contributed by atoms with Gasteiger partial charge in [0.2, 0.25) is 11.8 Å². The smallest absolute Gasteiger partial charge is 0.408 e.